The molecular formula is C8H16N2O4. The van der Waals surface area contributed by atoms with Crippen molar-refractivity contribution in [3.63, 3.8) is 0 Å². The summed E-state index contributed by atoms with van der Waals surface area (Å²) < 4.78 is 0. The lowest BCUT2D eigenvalue weighted by atomic mass is 10.1. The number of carboxylic acids is 1. The lowest BCUT2D eigenvalue weighted by Gasteiger charge is -2.10. The molecular weight excluding hydrogens is 188 g/mol. The number of carbonyl (C=O) groups is 2. The van der Waals surface area contributed by atoms with Crippen LogP contribution in [-0.2, 0) is 9.59 Å². The third-order valence-corrected chi connectivity index (χ3v) is 1.71. The second kappa shape index (κ2) is 6.33. The summed E-state index contributed by atoms with van der Waals surface area (Å²) in [5, 5.41) is 19.4. The van der Waals surface area contributed by atoms with Gasteiger partial charge in [-0.15, -0.1) is 0 Å². The van der Waals surface area contributed by atoms with Gasteiger partial charge in [-0.1, -0.05) is 6.92 Å². The highest BCUT2D eigenvalue weighted by molar-refractivity contribution is 5.78. The molecule has 0 aliphatic heterocycles. The molecule has 14 heavy (non-hydrogen) atoms. The number of aliphatic hydroxyl groups excluding tert-OH is 1. The average molecular weight is 204 g/mol. The highest BCUT2D eigenvalue weighted by Gasteiger charge is 2.14. The van der Waals surface area contributed by atoms with Crippen LogP contribution in [0.2, 0.25) is 0 Å². The highest BCUT2D eigenvalue weighted by atomic mass is 16.4. The van der Waals surface area contributed by atoms with Gasteiger partial charge in [0.15, 0.2) is 6.10 Å². The molecule has 0 aliphatic carbocycles. The number of nitrogens with two attached hydrogens (primary N) is 1. The zero-order valence-corrected chi connectivity index (χ0v) is 8.06. The Morgan fingerprint density at radius 2 is 2.07 bits per heavy atom. The molecule has 0 aromatic rings. The predicted octanol–water partition coefficient (Wildman–Crippen LogP) is -1.47. The van der Waals surface area contributed by atoms with Crippen LogP contribution in [0, 0.1) is 5.92 Å². The second-order valence-corrected chi connectivity index (χ2v) is 3.20. The van der Waals surface area contributed by atoms with Crippen molar-refractivity contribution < 1.29 is 19.8 Å². The van der Waals surface area contributed by atoms with Gasteiger partial charge < -0.3 is 21.3 Å². The third-order valence-electron chi connectivity index (χ3n) is 1.71. The van der Waals surface area contributed by atoms with Crippen molar-refractivity contribution in [2.75, 3.05) is 13.1 Å². The second-order valence-electron chi connectivity index (χ2n) is 3.20. The van der Waals surface area contributed by atoms with Crippen molar-refractivity contribution >= 4 is 11.9 Å². The molecule has 0 spiro atoms. The Bertz CT molecular complexity index is 208. The molecule has 6 heteroatoms. The molecule has 2 atom stereocenters. The van der Waals surface area contributed by atoms with E-state index < -0.39 is 12.1 Å². The normalized spacial score (nSPS) is 14.5. The molecule has 1 unspecified atom stereocenters. The molecule has 1 amide bonds. The molecule has 0 aliphatic rings. The maximum atomic E-state index is 11.1. The quantitative estimate of drug-likeness (QED) is 0.422. The fourth-order valence-electron chi connectivity index (χ4n) is 0.770. The molecule has 82 valence electrons. The van der Waals surface area contributed by atoms with Gasteiger partial charge >= 0.3 is 5.97 Å². The van der Waals surface area contributed by atoms with E-state index in [2.05, 4.69) is 5.32 Å². The zero-order valence-electron chi connectivity index (χ0n) is 8.06. The molecule has 5 N–H and O–H groups in total. The van der Waals surface area contributed by atoms with Crippen LogP contribution in [0.15, 0.2) is 0 Å². The number of hydrogen-bond acceptors (Lipinski definition) is 4. The van der Waals surface area contributed by atoms with Gasteiger partial charge in [0.1, 0.15) is 0 Å². The maximum Gasteiger partial charge on any atom is 0.334 e. The van der Waals surface area contributed by atoms with Crippen LogP contribution in [0.1, 0.15) is 13.3 Å². The van der Waals surface area contributed by atoms with Gasteiger partial charge in [0.05, 0.1) is 6.54 Å². The molecule has 0 saturated heterocycles. The SMILES string of the molecule is CC(CN)CC(=O)NC[C@H](O)C(=O)O. The third kappa shape index (κ3) is 5.50. The first-order valence-corrected chi connectivity index (χ1v) is 4.35. The maximum absolute atomic E-state index is 11.1. The Kier molecular flexibility index (Phi) is 5.82. The smallest absolute Gasteiger partial charge is 0.334 e. The molecule has 0 aromatic heterocycles. The Morgan fingerprint density at radius 3 is 2.50 bits per heavy atom. The molecule has 6 nitrogen and oxygen atoms in total. The number of amides is 1. The van der Waals surface area contributed by atoms with Gasteiger partial charge in [0.2, 0.25) is 5.91 Å². The van der Waals surface area contributed by atoms with Gasteiger partial charge in [-0.2, -0.15) is 0 Å². The van der Waals surface area contributed by atoms with Crippen molar-refractivity contribution in [2.45, 2.75) is 19.4 Å². The topological polar surface area (TPSA) is 113 Å². The molecule has 0 saturated carbocycles. The summed E-state index contributed by atoms with van der Waals surface area (Å²) in [6.45, 7) is 1.94. The molecule has 0 bridgehead atoms. The highest BCUT2D eigenvalue weighted by Crippen LogP contribution is 1.97. The first-order valence-electron chi connectivity index (χ1n) is 4.35. The van der Waals surface area contributed by atoms with Crippen LogP contribution in [0.25, 0.3) is 0 Å². The van der Waals surface area contributed by atoms with Crippen LogP contribution in [-0.4, -0.2) is 41.3 Å². The van der Waals surface area contributed by atoms with Crippen molar-refractivity contribution in [2.24, 2.45) is 11.7 Å². The lowest BCUT2D eigenvalue weighted by molar-refractivity contribution is -0.146. The minimum atomic E-state index is -1.55. The molecule has 0 radical (unpaired) electrons. The van der Waals surface area contributed by atoms with Gasteiger partial charge in [-0.25, -0.2) is 4.79 Å². The van der Waals surface area contributed by atoms with Crippen LogP contribution in [0.5, 0.6) is 0 Å². The standard InChI is InChI=1S/C8H16N2O4/c1-5(3-9)2-7(12)10-4-6(11)8(13)14/h5-6,11H,2-4,9H2,1H3,(H,10,12)(H,13,14)/t5?,6-/m0/s1. The van der Waals surface area contributed by atoms with E-state index in [4.69, 9.17) is 15.9 Å². The monoisotopic (exact) mass is 204 g/mol. The Hall–Kier alpha value is -1.14. The first kappa shape index (κ1) is 12.9. The molecule has 0 rings (SSSR count). The van der Waals surface area contributed by atoms with E-state index in [-0.39, 0.29) is 24.8 Å². The predicted molar refractivity (Wildman–Crippen MR) is 49.5 cm³/mol. The van der Waals surface area contributed by atoms with Crippen LogP contribution in [0.3, 0.4) is 0 Å². The van der Waals surface area contributed by atoms with Crippen molar-refractivity contribution in [3.8, 4) is 0 Å². The van der Waals surface area contributed by atoms with Gasteiger partial charge in [-0.3, -0.25) is 4.79 Å². The van der Waals surface area contributed by atoms with E-state index >= 15 is 0 Å². The number of aliphatic carboxylic acids is 1. The number of nitrogens with one attached hydrogen (secondary N) is 1. The Labute approximate surface area is 82.1 Å². The Balaban J connectivity index is 3.69. The minimum absolute atomic E-state index is 0.0528. The van der Waals surface area contributed by atoms with Crippen molar-refractivity contribution in [1.82, 2.24) is 5.32 Å². The van der Waals surface area contributed by atoms with Crippen LogP contribution in [0.4, 0.5) is 0 Å². The van der Waals surface area contributed by atoms with Crippen molar-refractivity contribution in [3.05, 3.63) is 0 Å². The van der Waals surface area contributed by atoms with E-state index in [9.17, 15) is 9.59 Å². The van der Waals surface area contributed by atoms with Crippen molar-refractivity contribution in [1.29, 1.82) is 0 Å². The van der Waals surface area contributed by atoms with E-state index in [0.29, 0.717) is 6.54 Å². The molecule has 0 fully saturated rings. The van der Waals surface area contributed by atoms with E-state index in [1.165, 1.54) is 0 Å². The summed E-state index contributed by atoms with van der Waals surface area (Å²) >= 11 is 0. The fraction of sp³-hybridized carbons (Fsp3) is 0.750. The van der Waals surface area contributed by atoms with E-state index in [0.717, 1.165) is 0 Å². The van der Waals surface area contributed by atoms with Gasteiger partial charge in [-0.05, 0) is 12.5 Å². The fourth-order valence-corrected chi connectivity index (χ4v) is 0.770. The summed E-state index contributed by atoms with van der Waals surface area (Å²) in [5.41, 5.74) is 5.30. The zero-order chi connectivity index (χ0) is 11.1. The number of carbonyl (C=O) groups excluding carboxylic acids is 1. The van der Waals surface area contributed by atoms with Gasteiger partial charge in [0.25, 0.3) is 0 Å². The summed E-state index contributed by atoms with van der Waals surface area (Å²) in [5.74, 6) is -1.60. The average Bonchev–Trinajstić information content (AvgIpc) is 2.13. The Morgan fingerprint density at radius 1 is 1.50 bits per heavy atom. The molecule has 0 heterocycles. The largest absolute Gasteiger partial charge is 0.479 e. The van der Waals surface area contributed by atoms with Gasteiger partial charge in [0, 0.05) is 6.42 Å². The van der Waals surface area contributed by atoms with Crippen LogP contribution < -0.4 is 11.1 Å². The number of carboxylic acid groups (broad SMARTS) is 1. The summed E-state index contributed by atoms with van der Waals surface area (Å²) in [4.78, 5) is 21.2. The van der Waals surface area contributed by atoms with E-state index in [1.807, 2.05) is 6.92 Å². The number of rotatable bonds is 6. The molecule has 0 aromatic carbocycles. The first-order chi connectivity index (χ1) is 6.47. The number of aliphatic hydroxyl groups is 1. The lowest BCUT2D eigenvalue weighted by Crippen LogP contribution is -2.37. The van der Waals surface area contributed by atoms with Crippen LogP contribution >= 0.6 is 0 Å². The van der Waals surface area contributed by atoms with E-state index in [1.54, 1.807) is 0 Å². The minimum Gasteiger partial charge on any atom is -0.479 e. The summed E-state index contributed by atoms with van der Waals surface area (Å²) in [6, 6.07) is 0. The summed E-state index contributed by atoms with van der Waals surface area (Å²) in [6.07, 6.45) is -1.31. The number of hydrogen-bond donors (Lipinski definition) is 4. The summed E-state index contributed by atoms with van der Waals surface area (Å²) in [7, 11) is 0.